The second-order valence-electron chi connectivity index (χ2n) is 4.30. The van der Waals surface area contributed by atoms with Gasteiger partial charge in [0.1, 0.15) is 12.1 Å². The van der Waals surface area contributed by atoms with E-state index in [1.54, 1.807) is 6.33 Å². The summed E-state index contributed by atoms with van der Waals surface area (Å²) in [7, 11) is 0. The third-order valence-corrected chi connectivity index (χ3v) is 3.26. The van der Waals surface area contributed by atoms with Crippen LogP contribution in [0, 0.1) is 5.92 Å². The molecule has 0 spiro atoms. The van der Waals surface area contributed by atoms with Crippen LogP contribution in [0.4, 0.5) is 5.82 Å². The molecule has 1 heterocycles. The number of fused-ring (bicyclic) bond motifs is 1. The Balaban J connectivity index is 2.18. The van der Waals surface area contributed by atoms with E-state index in [0.29, 0.717) is 5.92 Å². The molecule has 0 radical (unpaired) electrons. The summed E-state index contributed by atoms with van der Waals surface area (Å²) in [6, 6.07) is 8.10. The largest absolute Gasteiger partial charge is 0.369 e. The van der Waals surface area contributed by atoms with E-state index in [9.17, 15) is 0 Å². The predicted molar refractivity (Wildman–Crippen MR) is 72.1 cm³/mol. The van der Waals surface area contributed by atoms with Gasteiger partial charge >= 0.3 is 0 Å². The summed E-state index contributed by atoms with van der Waals surface area (Å²) >= 11 is 0. The number of hydrogen-bond acceptors (Lipinski definition) is 3. The number of hydrogen-bond donors (Lipinski definition) is 1. The van der Waals surface area contributed by atoms with Crippen LogP contribution in [0.5, 0.6) is 0 Å². The van der Waals surface area contributed by atoms with Crippen LogP contribution in [-0.2, 0) is 0 Å². The first-order valence-corrected chi connectivity index (χ1v) is 6.28. The second-order valence-corrected chi connectivity index (χ2v) is 4.30. The van der Waals surface area contributed by atoms with Crippen LogP contribution in [0.25, 0.3) is 10.9 Å². The third-order valence-electron chi connectivity index (χ3n) is 3.26. The molecule has 2 aromatic rings. The average molecular weight is 229 g/mol. The van der Waals surface area contributed by atoms with Crippen molar-refractivity contribution in [2.75, 3.05) is 11.9 Å². The first-order valence-electron chi connectivity index (χ1n) is 6.28. The first-order chi connectivity index (χ1) is 8.35. The number of nitrogens with one attached hydrogen (secondary N) is 1. The molecule has 0 aliphatic rings. The van der Waals surface area contributed by atoms with Crippen LogP contribution in [0.3, 0.4) is 0 Å². The Morgan fingerprint density at radius 3 is 2.65 bits per heavy atom. The summed E-state index contributed by atoms with van der Waals surface area (Å²) in [5.74, 6) is 1.66. The molecular formula is C14H19N3. The smallest absolute Gasteiger partial charge is 0.137 e. The fraction of sp³-hybridized carbons (Fsp3) is 0.429. The van der Waals surface area contributed by atoms with Crippen molar-refractivity contribution in [2.24, 2.45) is 5.92 Å². The number of nitrogens with zero attached hydrogens (tertiary/aromatic N) is 2. The van der Waals surface area contributed by atoms with Crippen LogP contribution in [0.1, 0.15) is 26.7 Å². The SMILES string of the molecule is CCC(CC)CNc1ncnc2ccccc12. The van der Waals surface area contributed by atoms with Crippen molar-refractivity contribution in [1.29, 1.82) is 0 Å². The number of anilines is 1. The maximum atomic E-state index is 4.33. The molecule has 17 heavy (non-hydrogen) atoms. The molecule has 0 fully saturated rings. The molecule has 0 saturated carbocycles. The molecule has 0 saturated heterocycles. The number of rotatable bonds is 5. The second kappa shape index (κ2) is 5.62. The summed E-state index contributed by atoms with van der Waals surface area (Å²) in [5.41, 5.74) is 0.995. The van der Waals surface area contributed by atoms with E-state index in [0.717, 1.165) is 23.3 Å². The molecule has 0 aliphatic heterocycles. The summed E-state index contributed by atoms with van der Waals surface area (Å²) in [5, 5.41) is 4.54. The van der Waals surface area contributed by atoms with E-state index in [-0.39, 0.29) is 0 Å². The van der Waals surface area contributed by atoms with Crippen molar-refractivity contribution >= 4 is 16.7 Å². The average Bonchev–Trinajstić information content (AvgIpc) is 2.40. The Hall–Kier alpha value is -1.64. The van der Waals surface area contributed by atoms with Crippen molar-refractivity contribution in [3.05, 3.63) is 30.6 Å². The zero-order valence-corrected chi connectivity index (χ0v) is 10.5. The molecule has 0 unspecified atom stereocenters. The maximum absolute atomic E-state index is 4.33. The van der Waals surface area contributed by atoms with Crippen LogP contribution in [0.2, 0.25) is 0 Å². The molecule has 1 aromatic heterocycles. The Bertz CT molecular complexity index is 472. The van der Waals surface area contributed by atoms with Crippen molar-refractivity contribution < 1.29 is 0 Å². The van der Waals surface area contributed by atoms with Gasteiger partial charge in [-0.2, -0.15) is 0 Å². The Morgan fingerprint density at radius 1 is 1.12 bits per heavy atom. The van der Waals surface area contributed by atoms with Crippen molar-refractivity contribution in [1.82, 2.24) is 9.97 Å². The lowest BCUT2D eigenvalue weighted by molar-refractivity contribution is 0.518. The normalized spacial score (nSPS) is 11.0. The fourth-order valence-corrected chi connectivity index (χ4v) is 1.96. The first kappa shape index (κ1) is 11.8. The van der Waals surface area contributed by atoms with Crippen molar-refractivity contribution in [3.8, 4) is 0 Å². The highest BCUT2D eigenvalue weighted by Gasteiger charge is 2.06. The van der Waals surface area contributed by atoms with Crippen LogP contribution < -0.4 is 5.32 Å². The molecule has 3 nitrogen and oxygen atoms in total. The molecular weight excluding hydrogens is 210 g/mol. The Kier molecular flexibility index (Phi) is 3.91. The highest BCUT2D eigenvalue weighted by molar-refractivity contribution is 5.88. The van der Waals surface area contributed by atoms with Gasteiger partial charge in [-0.15, -0.1) is 0 Å². The lowest BCUT2D eigenvalue weighted by atomic mass is 10.0. The highest BCUT2D eigenvalue weighted by Crippen LogP contribution is 2.19. The van der Waals surface area contributed by atoms with E-state index in [1.807, 2.05) is 18.2 Å². The standard InChI is InChI=1S/C14H19N3/c1-3-11(4-2)9-15-14-12-7-5-6-8-13(12)16-10-17-14/h5-8,10-11H,3-4,9H2,1-2H3,(H,15,16,17). The van der Waals surface area contributed by atoms with Gasteiger partial charge in [0, 0.05) is 11.9 Å². The molecule has 2 rings (SSSR count). The van der Waals surface area contributed by atoms with Gasteiger partial charge < -0.3 is 5.32 Å². The van der Waals surface area contributed by atoms with Gasteiger partial charge in [-0.05, 0) is 18.1 Å². The summed E-state index contributed by atoms with van der Waals surface area (Å²) < 4.78 is 0. The number of benzene rings is 1. The minimum absolute atomic E-state index is 0.712. The summed E-state index contributed by atoms with van der Waals surface area (Å²) in [4.78, 5) is 8.58. The van der Waals surface area contributed by atoms with Crippen LogP contribution in [-0.4, -0.2) is 16.5 Å². The van der Waals surface area contributed by atoms with E-state index < -0.39 is 0 Å². The van der Waals surface area contributed by atoms with Gasteiger partial charge in [0.25, 0.3) is 0 Å². The third kappa shape index (κ3) is 2.73. The lowest BCUT2D eigenvalue weighted by Crippen LogP contribution is -2.13. The molecule has 1 aromatic carbocycles. The summed E-state index contributed by atoms with van der Waals surface area (Å²) in [6.07, 6.45) is 4.02. The van der Waals surface area contributed by atoms with E-state index in [2.05, 4.69) is 35.2 Å². The van der Waals surface area contributed by atoms with E-state index >= 15 is 0 Å². The zero-order chi connectivity index (χ0) is 12.1. The van der Waals surface area contributed by atoms with Crippen LogP contribution in [0.15, 0.2) is 30.6 Å². The fourth-order valence-electron chi connectivity index (χ4n) is 1.96. The topological polar surface area (TPSA) is 37.8 Å². The Morgan fingerprint density at radius 2 is 1.88 bits per heavy atom. The van der Waals surface area contributed by atoms with Gasteiger partial charge in [0.2, 0.25) is 0 Å². The van der Waals surface area contributed by atoms with Gasteiger partial charge in [-0.25, -0.2) is 9.97 Å². The van der Waals surface area contributed by atoms with Crippen LogP contribution >= 0.6 is 0 Å². The zero-order valence-electron chi connectivity index (χ0n) is 10.5. The number of aromatic nitrogens is 2. The summed E-state index contributed by atoms with van der Waals surface area (Å²) in [6.45, 7) is 5.44. The molecule has 0 bridgehead atoms. The van der Waals surface area contributed by atoms with Gasteiger partial charge in [0.05, 0.1) is 5.52 Å². The highest BCUT2D eigenvalue weighted by atomic mass is 15.0. The lowest BCUT2D eigenvalue weighted by Gasteiger charge is -2.14. The molecule has 1 N–H and O–H groups in total. The Labute approximate surface area is 102 Å². The monoisotopic (exact) mass is 229 g/mol. The molecule has 0 amide bonds. The van der Waals surface area contributed by atoms with E-state index in [4.69, 9.17) is 0 Å². The number of para-hydroxylation sites is 1. The minimum Gasteiger partial charge on any atom is -0.369 e. The molecule has 90 valence electrons. The minimum atomic E-state index is 0.712. The van der Waals surface area contributed by atoms with Crippen molar-refractivity contribution in [3.63, 3.8) is 0 Å². The van der Waals surface area contributed by atoms with E-state index in [1.165, 1.54) is 12.8 Å². The quantitative estimate of drug-likeness (QED) is 0.853. The molecule has 0 atom stereocenters. The van der Waals surface area contributed by atoms with Crippen molar-refractivity contribution in [2.45, 2.75) is 26.7 Å². The molecule has 3 heteroatoms. The van der Waals surface area contributed by atoms with Gasteiger partial charge in [0.15, 0.2) is 0 Å². The van der Waals surface area contributed by atoms with Gasteiger partial charge in [-0.3, -0.25) is 0 Å². The maximum Gasteiger partial charge on any atom is 0.137 e. The predicted octanol–water partition coefficient (Wildman–Crippen LogP) is 3.48. The molecule has 0 aliphatic carbocycles. The van der Waals surface area contributed by atoms with Gasteiger partial charge in [-0.1, -0.05) is 38.8 Å².